The average molecular weight is 371 g/mol. The molecule has 9 heteroatoms. The van der Waals surface area contributed by atoms with Crippen LogP contribution in [0.15, 0.2) is 17.2 Å². The van der Waals surface area contributed by atoms with Gasteiger partial charge in [-0.05, 0) is 32.3 Å². The van der Waals surface area contributed by atoms with Crippen molar-refractivity contribution in [1.29, 1.82) is 0 Å². The first-order chi connectivity index (χ1) is 11.8. The zero-order valence-electron chi connectivity index (χ0n) is 14.7. The molecule has 1 aliphatic rings. The van der Waals surface area contributed by atoms with Gasteiger partial charge < -0.3 is 14.2 Å². The molecule has 0 atom stereocenters. The van der Waals surface area contributed by atoms with Crippen LogP contribution in [0.3, 0.4) is 0 Å². The van der Waals surface area contributed by atoms with Crippen molar-refractivity contribution in [3.63, 3.8) is 0 Å². The van der Waals surface area contributed by atoms with Crippen molar-refractivity contribution in [1.82, 2.24) is 14.2 Å². The van der Waals surface area contributed by atoms with Crippen LogP contribution in [0.1, 0.15) is 43.1 Å². The van der Waals surface area contributed by atoms with Crippen LogP contribution in [0, 0.1) is 0 Å². The molecule has 0 radical (unpaired) electrons. The highest BCUT2D eigenvalue weighted by Gasteiger charge is 2.22. The third-order valence-corrected chi connectivity index (χ3v) is 5.54. The lowest BCUT2D eigenvalue weighted by atomic mass is 10.1. The molecule has 25 heavy (non-hydrogen) atoms. The minimum absolute atomic E-state index is 0.0246. The lowest BCUT2D eigenvalue weighted by molar-refractivity contribution is -0.131. The molecule has 0 spiro atoms. The average Bonchev–Trinajstić information content (AvgIpc) is 2.98. The molecule has 1 amide bonds. The van der Waals surface area contributed by atoms with Crippen LogP contribution in [0.4, 0.5) is 0 Å². The summed E-state index contributed by atoms with van der Waals surface area (Å²) in [5.41, 5.74) is 0.159. The van der Waals surface area contributed by atoms with Gasteiger partial charge in [0, 0.05) is 39.3 Å². The third-order valence-electron chi connectivity index (χ3n) is 4.11. The molecule has 0 saturated carbocycles. The highest BCUT2D eigenvalue weighted by atomic mass is 32.2. The van der Waals surface area contributed by atoms with Crippen molar-refractivity contribution < 1.29 is 22.7 Å². The van der Waals surface area contributed by atoms with Crippen LogP contribution in [0.25, 0.3) is 0 Å². The molecule has 0 unspecified atom stereocenters. The number of likely N-dealkylation sites (tertiary alicyclic amines) is 1. The fourth-order valence-corrected chi connectivity index (χ4v) is 3.87. The number of rotatable bonds is 7. The van der Waals surface area contributed by atoms with Gasteiger partial charge in [0.25, 0.3) is 0 Å². The number of esters is 1. The van der Waals surface area contributed by atoms with Gasteiger partial charge in [-0.1, -0.05) is 0 Å². The van der Waals surface area contributed by atoms with E-state index in [-0.39, 0.29) is 36.1 Å². The fraction of sp³-hybridized carbons (Fsp3) is 0.625. The molecular formula is C16H25N3O5S. The summed E-state index contributed by atoms with van der Waals surface area (Å²) < 4.78 is 33.4. The first-order valence-corrected chi connectivity index (χ1v) is 9.94. The number of nitrogens with one attached hydrogen (secondary N) is 1. The Morgan fingerprint density at radius 3 is 2.56 bits per heavy atom. The van der Waals surface area contributed by atoms with E-state index in [1.165, 1.54) is 16.8 Å². The Kier molecular flexibility index (Phi) is 6.60. The highest BCUT2D eigenvalue weighted by Crippen LogP contribution is 2.15. The van der Waals surface area contributed by atoms with E-state index < -0.39 is 16.0 Å². The van der Waals surface area contributed by atoms with Crippen molar-refractivity contribution in [2.24, 2.45) is 7.05 Å². The summed E-state index contributed by atoms with van der Waals surface area (Å²) in [6.07, 6.45) is 4.60. The maximum absolute atomic E-state index is 12.3. The zero-order valence-corrected chi connectivity index (χ0v) is 15.5. The number of sulfonamides is 1. The van der Waals surface area contributed by atoms with Gasteiger partial charge in [0.1, 0.15) is 10.6 Å². The minimum Gasteiger partial charge on any atom is -0.461 e. The van der Waals surface area contributed by atoms with Crippen LogP contribution in [-0.4, -0.2) is 56.0 Å². The van der Waals surface area contributed by atoms with E-state index in [1.807, 2.05) is 0 Å². The molecule has 2 rings (SSSR count). The minimum atomic E-state index is -3.79. The van der Waals surface area contributed by atoms with Gasteiger partial charge in [-0.15, -0.1) is 0 Å². The Balaban J connectivity index is 1.94. The Morgan fingerprint density at radius 2 is 1.92 bits per heavy atom. The SMILES string of the molecule is CCOC(=O)c1cc(S(=O)(=O)NCCC(=O)N2CCCCC2)cn1C. The normalized spacial score (nSPS) is 15.2. The van der Waals surface area contributed by atoms with Gasteiger partial charge in [0.15, 0.2) is 0 Å². The number of carbonyl (C=O) groups excluding carboxylic acids is 2. The van der Waals surface area contributed by atoms with E-state index in [1.54, 1.807) is 18.9 Å². The van der Waals surface area contributed by atoms with Crippen LogP contribution in [-0.2, 0) is 26.6 Å². The van der Waals surface area contributed by atoms with Crippen molar-refractivity contribution in [3.8, 4) is 0 Å². The summed E-state index contributed by atoms with van der Waals surface area (Å²) in [5.74, 6) is -0.616. The second-order valence-electron chi connectivity index (χ2n) is 5.98. The lowest BCUT2D eigenvalue weighted by Crippen LogP contribution is -2.37. The number of aryl methyl sites for hydroxylation is 1. The summed E-state index contributed by atoms with van der Waals surface area (Å²) in [4.78, 5) is 25.6. The number of nitrogens with zero attached hydrogens (tertiary/aromatic N) is 2. The van der Waals surface area contributed by atoms with Gasteiger partial charge in [-0.2, -0.15) is 0 Å². The topological polar surface area (TPSA) is 97.7 Å². The molecule has 2 heterocycles. The summed E-state index contributed by atoms with van der Waals surface area (Å²) in [6.45, 7) is 3.41. The number of amides is 1. The molecule has 0 aliphatic carbocycles. The lowest BCUT2D eigenvalue weighted by Gasteiger charge is -2.26. The molecule has 8 nitrogen and oxygen atoms in total. The molecule has 1 aromatic rings. The molecule has 1 saturated heterocycles. The van der Waals surface area contributed by atoms with E-state index in [0.717, 1.165) is 32.4 Å². The Hall–Kier alpha value is -1.87. The molecule has 1 fully saturated rings. The maximum atomic E-state index is 12.3. The monoisotopic (exact) mass is 371 g/mol. The van der Waals surface area contributed by atoms with Gasteiger partial charge in [0.05, 0.1) is 6.61 Å². The maximum Gasteiger partial charge on any atom is 0.354 e. The van der Waals surface area contributed by atoms with E-state index in [9.17, 15) is 18.0 Å². The molecule has 0 aromatic carbocycles. The Morgan fingerprint density at radius 1 is 1.24 bits per heavy atom. The van der Waals surface area contributed by atoms with E-state index in [2.05, 4.69) is 4.72 Å². The summed E-state index contributed by atoms with van der Waals surface area (Å²) in [7, 11) is -2.21. The Bertz CT molecular complexity index is 720. The smallest absolute Gasteiger partial charge is 0.354 e. The van der Waals surface area contributed by atoms with Gasteiger partial charge in [-0.3, -0.25) is 4.79 Å². The number of piperidine rings is 1. The van der Waals surface area contributed by atoms with Crippen molar-refractivity contribution in [3.05, 3.63) is 18.0 Å². The second kappa shape index (κ2) is 8.48. The van der Waals surface area contributed by atoms with Gasteiger partial charge >= 0.3 is 5.97 Å². The highest BCUT2D eigenvalue weighted by molar-refractivity contribution is 7.89. The molecule has 0 bridgehead atoms. The number of ether oxygens (including phenoxy) is 1. The summed E-state index contributed by atoms with van der Waals surface area (Å²) in [6, 6.07) is 1.27. The molecular weight excluding hydrogens is 346 g/mol. The predicted octanol–water partition coefficient (Wildman–Crippen LogP) is 0.883. The quantitative estimate of drug-likeness (QED) is 0.718. The first kappa shape index (κ1) is 19.5. The van der Waals surface area contributed by atoms with Crippen molar-refractivity contribution >= 4 is 21.9 Å². The first-order valence-electron chi connectivity index (χ1n) is 8.46. The Labute approximate surface area is 148 Å². The standard InChI is InChI=1S/C16H25N3O5S/c1-3-24-16(21)14-11-13(12-18(14)2)25(22,23)17-8-7-15(20)19-9-5-4-6-10-19/h11-12,17H,3-10H2,1-2H3. The van der Waals surface area contributed by atoms with Gasteiger partial charge in [0.2, 0.25) is 15.9 Å². The number of carbonyl (C=O) groups is 2. The number of hydrogen-bond donors (Lipinski definition) is 1. The third kappa shape index (κ3) is 5.05. The molecule has 140 valence electrons. The van der Waals surface area contributed by atoms with Crippen LogP contribution >= 0.6 is 0 Å². The van der Waals surface area contributed by atoms with E-state index in [0.29, 0.717) is 0 Å². The molecule has 1 aliphatic heterocycles. The second-order valence-corrected chi connectivity index (χ2v) is 7.75. The fourth-order valence-electron chi connectivity index (χ4n) is 2.77. The summed E-state index contributed by atoms with van der Waals surface area (Å²) in [5, 5.41) is 0. The summed E-state index contributed by atoms with van der Waals surface area (Å²) >= 11 is 0. The van der Waals surface area contributed by atoms with Crippen LogP contribution < -0.4 is 4.72 Å². The molecule has 1 aromatic heterocycles. The van der Waals surface area contributed by atoms with Crippen molar-refractivity contribution in [2.45, 2.75) is 37.5 Å². The van der Waals surface area contributed by atoms with Gasteiger partial charge in [-0.25, -0.2) is 17.9 Å². The number of aromatic nitrogens is 1. The number of hydrogen-bond acceptors (Lipinski definition) is 5. The van der Waals surface area contributed by atoms with E-state index >= 15 is 0 Å². The largest absolute Gasteiger partial charge is 0.461 e. The zero-order chi connectivity index (χ0) is 18.4. The van der Waals surface area contributed by atoms with Crippen LogP contribution in [0.2, 0.25) is 0 Å². The van der Waals surface area contributed by atoms with E-state index in [4.69, 9.17) is 4.74 Å². The predicted molar refractivity (Wildman–Crippen MR) is 91.6 cm³/mol. The molecule has 1 N–H and O–H groups in total. The van der Waals surface area contributed by atoms with Crippen molar-refractivity contribution in [2.75, 3.05) is 26.2 Å². The van der Waals surface area contributed by atoms with Crippen LogP contribution in [0.5, 0.6) is 0 Å².